The maximum Gasteiger partial charge on any atom is 0.187 e. The third-order valence-electron chi connectivity index (χ3n) is 7.42. The van der Waals surface area contributed by atoms with Gasteiger partial charge in [0.1, 0.15) is 117 Å². The summed E-state index contributed by atoms with van der Waals surface area (Å²) < 4.78 is 20.7. The maximum atomic E-state index is 10.3. The topological polar surface area (TPSA) is 402 Å². The van der Waals surface area contributed by atoms with Gasteiger partial charge in [-0.1, -0.05) is 0 Å². The number of piperazine rings is 6. The second kappa shape index (κ2) is 24.0. The number of quaternary nitrogens is 6. The summed E-state index contributed by atoms with van der Waals surface area (Å²) >= 11 is 0. The first kappa shape index (κ1) is 49.2. The fourth-order valence-electron chi connectivity index (χ4n) is 5.35. The third-order valence-corrected chi connectivity index (χ3v) is 9.11. The van der Waals surface area contributed by atoms with Crippen LogP contribution in [0.3, 0.4) is 0 Å². The molecule has 0 amide bonds. The van der Waals surface area contributed by atoms with Crippen molar-refractivity contribution in [2.24, 2.45) is 0 Å². The number of aliphatic carboxylic acids is 4. The van der Waals surface area contributed by atoms with Crippen molar-refractivity contribution < 1.29 is 114 Å². The largest absolute Gasteiger partial charge is 0.775 e. The van der Waals surface area contributed by atoms with Gasteiger partial charge >= 0.3 is 0 Å². The first-order chi connectivity index (χ1) is 20.3. The molecule has 6 aliphatic heterocycles. The Balaban J connectivity index is -0.000000550. The first-order valence-electron chi connectivity index (χ1n) is 14.2. The van der Waals surface area contributed by atoms with E-state index < -0.39 is 77.8 Å². The van der Waals surface area contributed by atoms with E-state index in [1.54, 1.807) is 0 Å². The predicted molar refractivity (Wildman–Crippen MR) is 144 cm³/mol. The highest BCUT2D eigenvalue weighted by Crippen LogP contribution is 2.24. The van der Waals surface area contributed by atoms with Crippen LogP contribution in [-0.2, 0) is 28.3 Å². The smallest absolute Gasteiger partial charge is 0.187 e. The minimum atomic E-state index is -4.70. The van der Waals surface area contributed by atoms with Crippen molar-refractivity contribution in [3.8, 4) is 0 Å². The fraction of sp³-hybridized carbons (Fsp3) is 0.818. The van der Waals surface area contributed by atoms with Crippen molar-refractivity contribution in [1.82, 2.24) is 0 Å². The molecule has 0 saturated carbocycles. The van der Waals surface area contributed by atoms with Gasteiger partial charge < -0.3 is 114 Å². The molecule has 0 spiro atoms. The van der Waals surface area contributed by atoms with Crippen LogP contribution in [0.25, 0.3) is 0 Å². The van der Waals surface area contributed by atoms with Gasteiger partial charge in [-0.3, -0.25) is 0 Å². The molecule has 280 valence electrons. The van der Waals surface area contributed by atoms with Crippen molar-refractivity contribution in [2.45, 2.75) is 0 Å². The van der Waals surface area contributed by atoms with Crippen LogP contribution in [0.1, 0.15) is 0 Å². The predicted octanol–water partition coefficient (Wildman–Crippen LogP) is -21.2. The number of carbonyl (C=O) groups is 4. The van der Waals surface area contributed by atoms with Crippen LogP contribution >= 0.6 is 15.2 Å². The standard InChI is InChI=1S/2C6H12N2.2C5H10NO7P.3H2O/c2*1-2-8-5-3-7(1)4-6-8;2*7-4(8)1-6(2-5(9)10)3-14(11,12)13;;;/h2*1-6H2;2*1-3H2,(H,7,8)(H,9,10)(H2,11,12,13);3*1H2. The van der Waals surface area contributed by atoms with Gasteiger partial charge in [0, 0.05) is 0 Å². The van der Waals surface area contributed by atoms with Crippen LogP contribution in [0.2, 0.25) is 0 Å². The first-order valence-corrected chi connectivity index (χ1v) is 17.7. The summed E-state index contributed by atoms with van der Waals surface area (Å²) in [5, 5.41) is 40.2. The van der Waals surface area contributed by atoms with E-state index in [1.165, 1.54) is 78.5 Å². The van der Waals surface area contributed by atoms with E-state index in [0.717, 1.165) is 0 Å². The molecule has 4 bridgehead atoms. The minimum Gasteiger partial charge on any atom is -0.775 e. The Kier molecular flexibility index (Phi) is 25.2. The summed E-state index contributed by atoms with van der Waals surface area (Å²) in [6.45, 7) is 13.9. The van der Waals surface area contributed by atoms with Gasteiger partial charge in [0.2, 0.25) is 0 Å². The van der Waals surface area contributed by atoms with Crippen LogP contribution in [0.15, 0.2) is 0 Å². The van der Waals surface area contributed by atoms with Gasteiger partial charge in [0.15, 0.2) is 15.2 Å². The van der Waals surface area contributed by atoms with Crippen molar-refractivity contribution in [2.75, 3.05) is 117 Å². The Morgan fingerprint density at radius 1 is 0.468 bits per heavy atom. The molecule has 0 radical (unpaired) electrons. The van der Waals surface area contributed by atoms with E-state index in [0.29, 0.717) is 0 Å². The lowest BCUT2D eigenvalue weighted by Gasteiger charge is -2.35. The van der Waals surface area contributed by atoms with Crippen LogP contribution in [-0.4, -0.2) is 167 Å². The van der Waals surface area contributed by atoms with E-state index in [-0.39, 0.29) is 26.2 Å². The number of hydrogen-bond acceptors (Lipinski definition) is 12. The van der Waals surface area contributed by atoms with Crippen molar-refractivity contribution in [3.05, 3.63) is 0 Å². The number of fused-ring (bicyclic) bond motifs is 6. The lowest BCUT2D eigenvalue weighted by Crippen LogP contribution is -3.35. The highest BCUT2D eigenvalue weighted by atomic mass is 31.2. The Labute approximate surface area is 270 Å². The zero-order valence-electron chi connectivity index (χ0n) is 25.9. The number of carboxylic acids is 4. The SMILES string of the molecule is C1C[NH+]2CC[NH+]1CC2.C1C[NH+]2CC[NH+]1CC2.O.O.O.O=C([O-])C[NH+](CC(=O)[O-])CP(=O)([O-])O.O=C([O-])C[NH+](CC(=O)[O-])CP(=O)([O-])O. The second-order valence-electron chi connectivity index (χ2n) is 11.3. The number of rotatable bonds is 12. The summed E-state index contributed by atoms with van der Waals surface area (Å²) in [6, 6.07) is 0. The molecule has 23 nitrogen and oxygen atoms in total. The average Bonchev–Trinajstić information content (AvgIpc) is 2.88. The van der Waals surface area contributed by atoms with E-state index in [4.69, 9.17) is 9.79 Å². The van der Waals surface area contributed by atoms with Crippen LogP contribution < -0.4 is 59.6 Å². The van der Waals surface area contributed by atoms with Crippen molar-refractivity contribution in [1.29, 1.82) is 0 Å². The molecular formula is C22H50N6O17P2. The molecule has 6 rings (SSSR count). The number of nitrogens with one attached hydrogen (secondary N) is 6. The zero-order valence-corrected chi connectivity index (χ0v) is 27.7. The Hall–Kier alpha value is -2.18. The molecule has 2 atom stereocenters. The normalized spacial score (nSPS) is 24.3. The monoisotopic (exact) mass is 732 g/mol. The summed E-state index contributed by atoms with van der Waals surface area (Å²) in [7, 11) is -9.41. The molecule has 6 fully saturated rings. The number of hydrogen-bond donors (Lipinski definition) is 8. The van der Waals surface area contributed by atoms with E-state index in [9.17, 15) is 58.5 Å². The number of carboxylic acid groups (broad SMARTS) is 4. The Morgan fingerprint density at radius 3 is 0.702 bits per heavy atom. The van der Waals surface area contributed by atoms with Crippen molar-refractivity contribution in [3.63, 3.8) is 0 Å². The fourth-order valence-corrected chi connectivity index (χ4v) is 6.93. The molecule has 0 aliphatic carbocycles. The highest BCUT2D eigenvalue weighted by molar-refractivity contribution is 7.50. The summed E-state index contributed by atoms with van der Waals surface area (Å²) in [5.41, 5.74) is 0. The third kappa shape index (κ3) is 26.5. The van der Waals surface area contributed by atoms with Crippen LogP contribution in [0, 0.1) is 0 Å². The van der Waals surface area contributed by atoms with Gasteiger partial charge in [-0.15, -0.1) is 0 Å². The van der Waals surface area contributed by atoms with Crippen molar-refractivity contribution >= 4 is 39.1 Å². The van der Waals surface area contributed by atoms with Crippen LogP contribution in [0.5, 0.6) is 0 Å². The summed E-state index contributed by atoms with van der Waals surface area (Å²) in [4.78, 5) is 84.3. The Bertz CT molecular complexity index is 873. The average molecular weight is 733 g/mol. The molecular weight excluding hydrogens is 682 g/mol. The lowest BCUT2D eigenvalue weighted by molar-refractivity contribution is -1.06. The lowest BCUT2D eigenvalue weighted by atomic mass is 10.2. The van der Waals surface area contributed by atoms with E-state index >= 15 is 0 Å². The second-order valence-corrected chi connectivity index (χ2v) is 14.5. The van der Waals surface area contributed by atoms with Crippen LogP contribution in [0.4, 0.5) is 0 Å². The molecule has 6 heterocycles. The Morgan fingerprint density at radius 2 is 0.617 bits per heavy atom. The highest BCUT2D eigenvalue weighted by Gasteiger charge is 2.30. The minimum absolute atomic E-state index is 0. The quantitative estimate of drug-likeness (QED) is 0.0864. The molecule has 0 aromatic rings. The molecule has 6 aliphatic rings. The molecule has 0 aromatic heterocycles. The van der Waals surface area contributed by atoms with Gasteiger partial charge in [-0.25, -0.2) is 0 Å². The molecule has 25 heteroatoms. The number of carbonyl (C=O) groups excluding carboxylic acids is 4. The van der Waals surface area contributed by atoms with E-state index in [2.05, 4.69) is 0 Å². The molecule has 2 unspecified atom stereocenters. The maximum absolute atomic E-state index is 10.3. The summed E-state index contributed by atoms with van der Waals surface area (Å²) in [5.74, 6) is -6.46. The summed E-state index contributed by atoms with van der Waals surface area (Å²) in [6.07, 6.45) is -1.98. The van der Waals surface area contributed by atoms with Gasteiger partial charge in [-0.2, -0.15) is 0 Å². The molecule has 14 N–H and O–H groups in total. The zero-order chi connectivity index (χ0) is 33.5. The molecule has 6 saturated heterocycles. The molecule has 47 heavy (non-hydrogen) atoms. The molecule has 0 aromatic carbocycles. The van der Waals surface area contributed by atoms with Gasteiger partial charge in [-0.05, 0) is 0 Å². The van der Waals surface area contributed by atoms with Gasteiger partial charge in [0.25, 0.3) is 0 Å². The van der Waals surface area contributed by atoms with Gasteiger partial charge in [0.05, 0.1) is 23.9 Å². The van der Waals surface area contributed by atoms with E-state index in [1.807, 2.05) is 19.6 Å².